The van der Waals surface area contributed by atoms with E-state index in [1.807, 2.05) is 0 Å². The standard InChI is InChI=1S/C26H21F2N3O4/c1-16(32)35-26-24(17-5-11-21(12-6-17)29-23(33)15-34-2)25(18-3-7-19(27)8-4-18)30-31(26)22-13-9-20(28)10-14-22/h3-14H,15H2,1-2H3,(H,29,33). The smallest absolute Gasteiger partial charge is 0.309 e. The van der Waals surface area contributed by atoms with E-state index >= 15 is 0 Å². The van der Waals surface area contributed by atoms with Crippen molar-refractivity contribution in [3.8, 4) is 34.0 Å². The Hall–Kier alpha value is -4.37. The van der Waals surface area contributed by atoms with E-state index in [1.165, 1.54) is 55.1 Å². The van der Waals surface area contributed by atoms with Crippen LogP contribution in [0.15, 0.2) is 72.8 Å². The highest BCUT2D eigenvalue weighted by atomic mass is 19.1. The molecule has 7 nitrogen and oxygen atoms in total. The number of ether oxygens (including phenoxy) is 2. The summed E-state index contributed by atoms with van der Waals surface area (Å²) in [5.41, 5.74) is 3.08. The Morgan fingerprint density at radius 3 is 2.03 bits per heavy atom. The Balaban J connectivity index is 1.89. The summed E-state index contributed by atoms with van der Waals surface area (Å²) in [5, 5.41) is 7.35. The zero-order chi connectivity index (χ0) is 24.9. The summed E-state index contributed by atoms with van der Waals surface area (Å²) >= 11 is 0. The lowest BCUT2D eigenvalue weighted by Crippen LogP contribution is -2.16. The Bertz CT molecular complexity index is 1350. The zero-order valence-electron chi connectivity index (χ0n) is 18.9. The van der Waals surface area contributed by atoms with E-state index in [-0.39, 0.29) is 18.4 Å². The summed E-state index contributed by atoms with van der Waals surface area (Å²) < 4.78 is 39.0. The molecular formula is C26H21F2N3O4. The molecule has 3 aromatic carbocycles. The third-order valence-electron chi connectivity index (χ3n) is 5.01. The van der Waals surface area contributed by atoms with Crippen LogP contribution in [0.1, 0.15) is 6.92 Å². The molecule has 0 aliphatic carbocycles. The molecule has 0 atom stereocenters. The molecular weight excluding hydrogens is 456 g/mol. The number of anilines is 1. The lowest BCUT2D eigenvalue weighted by Gasteiger charge is -2.10. The van der Waals surface area contributed by atoms with Crippen LogP contribution in [0.4, 0.5) is 14.5 Å². The molecule has 4 rings (SSSR count). The van der Waals surface area contributed by atoms with Gasteiger partial charge in [-0.1, -0.05) is 12.1 Å². The summed E-state index contributed by atoms with van der Waals surface area (Å²) in [5.74, 6) is -1.62. The molecule has 0 radical (unpaired) electrons. The fraction of sp³-hybridized carbons (Fsp3) is 0.115. The summed E-state index contributed by atoms with van der Waals surface area (Å²) in [6.45, 7) is 1.18. The number of hydrogen-bond acceptors (Lipinski definition) is 5. The van der Waals surface area contributed by atoms with Gasteiger partial charge in [-0.3, -0.25) is 9.59 Å². The first kappa shape index (κ1) is 23.8. The molecule has 0 saturated carbocycles. The molecule has 0 fully saturated rings. The number of methoxy groups -OCH3 is 1. The molecule has 0 unspecified atom stereocenters. The Labute approximate surface area is 199 Å². The van der Waals surface area contributed by atoms with E-state index in [2.05, 4.69) is 10.4 Å². The Morgan fingerprint density at radius 1 is 0.886 bits per heavy atom. The highest BCUT2D eigenvalue weighted by molar-refractivity contribution is 5.93. The first-order chi connectivity index (χ1) is 16.9. The predicted molar refractivity (Wildman–Crippen MR) is 126 cm³/mol. The molecule has 0 aliphatic rings. The summed E-state index contributed by atoms with van der Waals surface area (Å²) in [6.07, 6.45) is 0. The maximum absolute atomic E-state index is 13.6. The van der Waals surface area contributed by atoms with Crippen molar-refractivity contribution in [2.75, 3.05) is 19.0 Å². The number of rotatable bonds is 7. The number of carbonyl (C=O) groups excluding carboxylic acids is 2. The number of amides is 1. The molecule has 0 spiro atoms. The summed E-state index contributed by atoms with van der Waals surface area (Å²) in [4.78, 5) is 23.9. The molecule has 0 bridgehead atoms. The van der Waals surface area contributed by atoms with Crippen LogP contribution in [0.5, 0.6) is 5.88 Å². The van der Waals surface area contributed by atoms with Crippen molar-refractivity contribution in [2.24, 2.45) is 0 Å². The molecule has 0 aliphatic heterocycles. The Kier molecular flexibility index (Phi) is 6.98. The first-order valence-electron chi connectivity index (χ1n) is 10.6. The van der Waals surface area contributed by atoms with Crippen LogP contribution in [-0.4, -0.2) is 35.4 Å². The number of nitrogens with one attached hydrogen (secondary N) is 1. The summed E-state index contributed by atoms with van der Waals surface area (Å²) in [7, 11) is 1.43. The largest absolute Gasteiger partial charge is 0.407 e. The number of esters is 1. The molecule has 1 amide bonds. The maximum Gasteiger partial charge on any atom is 0.309 e. The average molecular weight is 477 g/mol. The SMILES string of the molecule is COCC(=O)Nc1ccc(-c2c(-c3ccc(F)cc3)nn(-c3ccc(F)cc3)c2OC(C)=O)cc1. The van der Waals surface area contributed by atoms with Crippen LogP contribution in [0.3, 0.4) is 0 Å². The number of benzene rings is 3. The van der Waals surface area contributed by atoms with Gasteiger partial charge in [0.25, 0.3) is 0 Å². The third kappa shape index (κ3) is 5.42. The topological polar surface area (TPSA) is 82.4 Å². The van der Waals surface area contributed by atoms with Gasteiger partial charge in [-0.05, 0) is 66.2 Å². The fourth-order valence-corrected chi connectivity index (χ4v) is 3.51. The summed E-state index contributed by atoms with van der Waals surface area (Å²) in [6, 6.07) is 18.1. The minimum Gasteiger partial charge on any atom is -0.407 e. The number of hydrogen-bond donors (Lipinski definition) is 1. The van der Waals surface area contributed by atoms with E-state index in [0.717, 1.165) is 0 Å². The van der Waals surface area contributed by atoms with Crippen molar-refractivity contribution in [3.05, 3.63) is 84.4 Å². The third-order valence-corrected chi connectivity index (χ3v) is 5.01. The van der Waals surface area contributed by atoms with Crippen molar-refractivity contribution < 1.29 is 27.8 Å². The van der Waals surface area contributed by atoms with Gasteiger partial charge in [-0.25, -0.2) is 8.78 Å². The van der Waals surface area contributed by atoms with E-state index in [1.54, 1.807) is 36.4 Å². The predicted octanol–water partition coefficient (Wildman–Crippen LogP) is 4.99. The molecule has 1 heterocycles. The van der Waals surface area contributed by atoms with Crippen LogP contribution in [-0.2, 0) is 14.3 Å². The molecule has 35 heavy (non-hydrogen) atoms. The van der Waals surface area contributed by atoms with Crippen molar-refractivity contribution >= 4 is 17.6 Å². The van der Waals surface area contributed by atoms with Gasteiger partial charge in [-0.2, -0.15) is 9.78 Å². The second-order valence-corrected chi connectivity index (χ2v) is 7.58. The second-order valence-electron chi connectivity index (χ2n) is 7.58. The highest BCUT2D eigenvalue weighted by Crippen LogP contribution is 2.41. The van der Waals surface area contributed by atoms with Crippen LogP contribution >= 0.6 is 0 Å². The van der Waals surface area contributed by atoms with Gasteiger partial charge in [0.05, 0.1) is 11.3 Å². The highest BCUT2D eigenvalue weighted by Gasteiger charge is 2.24. The maximum atomic E-state index is 13.6. The quantitative estimate of drug-likeness (QED) is 0.379. The van der Waals surface area contributed by atoms with Gasteiger partial charge in [0.1, 0.15) is 23.9 Å². The van der Waals surface area contributed by atoms with Crippen LogP contribution < -0.4 is 10.1 Å². The van der Waals surface area contributed by atoms with Crippen molar-refractivity contribution in [1.29, 1.82) is 0 Å². The molecule has 1 N–H and O–H groups in total. The number of nitrogens with zero attached hydrogens (tertiary/aromatic N) is 2. The van der Waals surface area contributed by atoms with Crippen molar-refractivity contribution in [1.82, 2.24) is 9.78 Å². The van der Waals surface area contributed by atoms with E-state index in [4.69, 9.17) is 9.47 Å². The monoisotopic (exact) mass is 477 g/mol. The zero-order valence-corrected chi connectivity index (χ0v) is 18.9. The average Bonchev–Trinajstić information content (AvgIpc) is 3.19. The number of aromatic nitrogens is 2. The normalized spacial score (nSPS) is 10.7. The molecule has 9 heteroatoms. The lowest BCUT2D eigenvalue weighted by atomic mass is 10.0. The van der Waals surface area contributed by atoms with Gasteiger partial charge in [-0.15, -0.1) is 0 Å². The van der Waals surface area contributed by atoms with Gasteiger partial charge in [0, 0.05) is 25.3 Å². The fourth-order valence-electron chi connectivity index (χ4n) is 3.51. The molecule has 0 saturated heterocycles. The van der Waals surface area contributed by atoms with Crippen molar-refractivity contribution in [3.63, 3.8) is 0 Å². The minimum atomic E-state index is -0.580. The van der Waals surface area contributed by atoms with Crippen LogP contribution in [0.2, 0.25) is 0 Å². The van der Waals surface area contributed by atoms with E-state index in [0.29, 0.717) is 33.8 Å². The van der Waals surface area contributed by atoms with E-state index in [9.17, 15) is 18.4 Å². The lowest BCUT2D eigenvalue weighted by molar-refractivity contribution is -0.132. The van der Waals surface area contributed by atoms with Gasteiger partial charge >= 0.3 is 5.97 Å². The molecule has 178 valence electrons. The molecule has 4 aromatic rings. The van der Waals surface area contributed by atoms with Gasteiger partial charge in [0.15, 0.2) is 0 Å². The van der Waals surface area contributed by atoms with Gasteiger partial charge in [0.2, 0.25) is 11.8 Å². The number of halogens is 2. The second kappa shape index (κ2) is 10.3. The van der Waals surface area contributed by atoms with Crippen LogP contribution in [0, 0.1) is 11.6 Å². The van der Waals surface area contributed by atoms with Crippen molar-refractivity contribution in [2.45, 2.75) is 6.92 Å². The molecule has 1 aromatic heterocycles. The minimum absolute atomic E-state index is 0.0858. The Morgan fingerprint density at radius 2 is 1.46 bits per heavy atom. The van der Waals surface area contributed by atoms with Gasteiger partial charge < -0.3 is 14.8 Å². The first-order valence-corrected chi connectivity index (χ1v) is 10.6. The van der Waals surface area contributed by atoms with Crippen LogP contribution in [0.25, 0.3) is 28.1 Å². The number of carbonyl (C=O) groups is 2. The van der Waals surface area contributed by atoms with E-state index < -0.39 is 17.6 Å².